The molecule has 1 aromatic heterocycles. The third-order valence-electron chi connectivity index (χ3n) is 3.55. The molecule has 1 N–H and O–H groups in total. The summed E-state index contributed by atoms with van der Waals surface area (Å²) in [5, 5.41) is 0.368. The van der Waals surface area contributed by atoms with Gasteiger partial charge in [-0.25, -0.2) is 18.1 Å². The van der Waals surface area contributed by atoms with Gasteiger partial charge in [0.15, 0.2) is 12.2 Å². The van der Waals surface area contributed by atoms with Crippen molar-refractivity contribution in [2.45, 2.75) is 18.4 Å². The van der Waals surface area contributed by atoms with Crippen molar-refractivity contribution in [1.82, 2.24) is 9.71 Å². The summed E-state index contributed by atoms with van der Waals surface area (Å²) in [6.45, 7) is 1.74. The lowest BCUT2D eigenvalue weighted by molar-refractivity contribution is 0.569. The second kappa shape index (κ2) is 6.76. The Bertz CT molecular complexity index is 953. The number of nitrogens with one attached hydrogen (secondary N) is 1. The van der Waals surface area contributed by atoms with E-state index < -0.39 is 10.0 Å². The van der Waals surface area contributed by atoms with E-state index >= 15 is 0 Å². The molecule has 1 heterocycles. The molecule has 0 amide bonds. The molecule has 0 atom stereocenters. The zero-order valence-corrected chi connectivity index (χ0v) is 14.4. The van der Waals surface area contributed by atoms with Gasteiger partial charge in [0, 0.05) is 10.6 Å². The van der Waals surface area contributed by atoms with Crippen LogP contribution in [0.25, 0.3) is 11.3 Å². The number of halogens is 1. The molecule has 3 aromatic rings. The molecule has 7 heteroatoms. The summed E-state index contributed by atoms with van der Waals surface area (Å²) in [5.74, 6) is 0.543. The Hall–Kier alpha value is -2.15. The van der Waals surface area contributed by atoms with Gasteiger partial charge in [0.1, 0.15) is 5.69 Å². The third-order valence-corrected chi connectivity index (χ3v) is 5.32. The van der Waals surface area contributed by atoms with Crippen LogP contribution in [0.5, 0.6) is 0 Å². The van der Waals surface area contributed by atoms with E-state index in [9.17, 15) is 8.42 Å². The molecule has 0 saturated carbocycles. The molecular weight excluding hydrogens is 348 g/mol. The van der Waals surface area contributed by atoms with E-state index in [4.69, 9.17) is 16.0 Å². The van der Waals surface area contributed by atoms with Crippen molar-refractivity contribution in [2.24, 2.45) is 0 Å². The van der Waals surface area contributed by atoms with Crippen LogP contribution in [0.2, 0.25) is 5.02 Å². The van der Waals surface area contributed by atoms with Crippen LogP contribution >= 0.6 is 11.6 Å². The second-order valence-corrected chi connectivity index (χ2v) is 7.40. The van der Waals surface area contributed by atoms with Crippen LogP contribution in [-0.4, -0.2) is 13.4 Å². The Balaban J connectivity index is 1.84. The zero-order chi connectivity index (χ0) is 17.2. The van der Waals surface area contributed by atoms with E-state index in [0.29, 0.717) is 22.0 Å². The SMILES string of the molecule is Cc1ccc(Cl)cc1S(=O)(=O)NCc1ncoc1-c1ccccc1. The maximum absolute atomic E-state index is 12.5. The Labute approximate surface area is 145 Å². The Morgan fingerprint density at radius 2 is 1.92 bits per heavy atom. The predicted octanol–water partition coefficient (Wildman–Crippen LogP) is 3.78. The van der Waals surface area contributed by atoms with E-state index in [-0.39, 0.29) is 11.4 Å². The molecule has 124 valence electrons. The van der Waals surface area contributed by atoms with Crippen LogP contribution in [-0.2, 0) is 16.6 Å². The number of rotatable bonds is 5. The van der Waals surface area contributed by atoms with Gasteiger partial charge in [-0.2, -0.15) is 0 Å². The van der Waals surface area contributed by atoms with Crippen molar-refractivity contribution in [3.05, 3.63) is 71.2 Å². The summed E-state index contributed by atoms with van der Waals surface area (Å²) in [5.41, 5.74) is 1.97. The van der Waals surface area contributed by atoms with Crippen LogP contribution in [0.15, 0.2) is 64.2 Å². The highest BCUT2D eigenvalue weighted by Crippen LogP contribution is 2.24. The summed E-state index contributed by atoms with van der Waals surface area (Å²) < 4.78 is 33.0. The Kier molecular flexibility index (Phi) is 4.71. The highest BCUT2D eigenvalue weighted by molar-refractivity contribution is 7.89. The van der Waals surface area contributed by atoms with Crippen LogP contribution in [0.4, 0.5) is 0 Å². The van der Waals surface area contributed by atoms with Crippen LogP contribution in [0, 0.1) is 6.92 Å². The number of aromatic nitrogens is 1. The molecule has 5 nitrogen and oxygen atoms in total. The van der Waals surface area contributed by atoms with Crippen molar-refractivity contribution in [3.63, 3.8) is 0 Å². The van der Waals surface area contributed by atoms with Gasteiger partial charge >= 0.3 is 0 Å². The molecule has 3 rings (SSSR count). The predicted molar refractivity (Wildman–Crippen MR) is 92.2 cm³/mol. The topological polar surface area (TPSA) is 72.2 Å². The monoisotopic (exact) mass is 362 g/mol. The minimum atomic E-state index is -3.70. The minimum Gasteiger partial charge on any atom is -0.443 e. The first-order valence-electron chi connectivity index (χ1n) is 7.21. The Morgan fingerprint density at radius 1 is 1.17 bits per heavy atom. The molecule has 0 aliphatic carbocycles. The van der Waals surface area contributed by atoms with Gasteiger partial charge in [0.25, 0.3) is 0 Å². The average molecular weight is 363 g/mol. The molecule has 0 aliphatic rings. The maximum Gasteiger partial charge on any atom is 0.241 e. The maximum atomic E-state index is 12.5. The number of oxazole rings is 1. The van der Waals surface area contributed by atoms with Gasteiger partial charge in [-0.15, -0.1) is 0 Å². The van der Waals surface area contributed by atoms with Gasteiger partial charge in [-0.3, -0.25) is 0 Å². The zero-order valence-electron chi connectivity index (χ0n) is 12.9. The molecule has 0 spiro atoms. The lowest BCUT2D eigenvalue weighted by Gasteiger charge is -2.09. The number of aryl methyl sites for hydroxylation is 1. The molecular formula is C17H15ClN2O3S. The highest BCUT2D eigenvalue weighted by Gasteiger charge is 2.19. The highest BCUT2D eigenvalue weighted by atomic mass is 35.5. The fourth-order valence-electron chi connectivity index (χ4n) is 2.32. The molecule has 0 saturated heterocycles. The smallest absolute Gasteiger partial charge is 0.241 e. The van der Waals surface area contributed by atoms with Gasteiger partial charge in [-0.05, 0) is 24.6 Å². The molecule has 0 fully saturated rings. The van der Waals surface area contributed by atoms with E-state index in [1.54, 1.807) is 19.1 Å². The summed E-state index contributed by atoms with van der Waals surface area (Å²) in [6.07, 6.45) is 1.30. The number of sulfonamides is 1. The summed E-state index contributed by atoms with van der Waals surface area (Å²) in [4.78, 5) is 4.26. The van der Waals surface area contributed by atoms with E-state index in [2.05, 4.69) is 9.71 Å². The Morgan fingerprint density at radius 3 is 2.67 bits per heavy atom. The number of hydrogen-bond acceptors (Lipinski definition) is 4. The summed E-state index contributed by atoms with van der Waals surface area (Å²) in [6, 6.07) is 14.1. The number of benzene rings is 2. The van der Waals surface area contributed by atoms with Crippen molar-refractivity contribution in [1.29, 1.82) is 0 Å². The van der Waals surface area contributed by atoms with Gasteiger partial charge in [0.05, 0.1) is 11.4 Å². The van der Waals surface area contributed by atoms with E-state index in [0.717, 1.165) is 5.56 Å². The van der Waals surface area contributed by atoms with Gasteiger partial charge in [-0.1, -0.05) is 48.0 Å². The fourth-order valence-corrected chi connectivity index (χ4v) is 3.82. The number of hydrogen-bond donors (Lipinski definition) is 1. The lowest BCUT2D eigenvalue weighted by Crippen LogP contribution is -2.24. The van der Waals surface area contributed by atoms with E-state index in [1.165, 1.54) is 12.5 Å². The van der Waals surface area contributed by atoms with E-state index in [1.807, 2.05) is 30.3 Å². The molecule has 24 heavy (non-hydrogen) atoms. The van der Waals surface area contributed by atoms with Crippen LogP contribution in [0.3, 0.4) is 0 Å². The molecule has 0 radical (unpaired) electrons. The van der Waals surface area contributed by atoms with Crippen molar-refractivity contribution in [3.8, 4) is 11.3 Å². The summed E-state index contributed by atoms with van der Waals surface area (Å²) in [7, 11) is -3.70. The molecule has 2 aromatic carbocycles. The van der Waals surface area contributed by atoms with Crippen LogP contribution < -0.4 is 4.72 Å². The second-order valence-electron chi connectivity index (χ2n) is 5.23. The largest absolute Gasteiger partial charge is 0.443 e. The fraction of sp³-hybridized carbons (Fsp3) is 0.118. The lowest BCUT2D eigenvalue weighted by atomic mass is 10.1. The standard InChI is InChI=1S/C17H15ClN2O3S/c1-12-7-8-14(18)9-16(12)24(21,22)20-10-15-17(23-11-19-15)13-5-3-2-4-6-13/h2-9,11,20H,10H2,1H3. The first kappa shape index (κ1) is 16.7. The van der Waals surface area contributed by atoms with Crippen molar-refractivity contribution < 1.29 is 12.8 Å². The summed E-state index contributed by atoms with van der Waals surface area (Å²) >= 11 is 5.91. The van der Waals surface area contributed by atoms with Crippen molar-refractivity contribution >= 4 is 21.6 Å². The first-order valence-corrected chi connectivity index (χ1v) is 9.07. The normalized spacial score (nSPS) is 11.6. The average Bonchev–Trinajstić information content (AvgIpc) is 3.04. The molecule has 0 aliphatic heterocycles. The van der Waals surface area contributed by atoms with Gasteiger partial charge < -0.3 is 4.42 Å². The van der Waals surface area contributed by atoms with Crippen molar-refractivity contribution in [2.75, 3.05) is 0 Å². The quantitative estimate of drug-likeness (QED) is 0.749. The molecule has 0 bridgehead atoms. The van der Waals surface area contributed by atoms with Gasteiger partial charge in [0.2, 0.25) is 10.0 Å². The van der Waals surface area contributed by atoms with Crippen LogP contribution in [0.1, 0.15) is 11.3 Å². The minimum absolute atomic E-state index is 0.0228. The first-order chi connectivity index (χ1) is 11.5. The number of nitrogens with zero attached hydrogens (tertiary/aromatic N) is 1. The molecule has 0 unspecified atom stereocenters. The third kappa shape index (κ3) is 3.51.